The van der Waals surface area contributed by atoms with Crippen LogP contribution in [0.25, 0.3) is 0 Å². The van der Waals surface area contributed by atoms with E-state index >= 15 is 0 Å². The quantitative estimate of drug-likeness (QED) is 0.801. The second-order valence-corrected chi connectivity index (χ2v) is 6.89. The third-order valence-corrected chi connectivity index (χ3v) is 4.78. The van der Waals surface area contributed by atoms with Crippen molar-refractivity contribution in [2.24, 2.45) is 11.7 Å². The molecule has 0 spiro atoms. The lowest BCUT2D eigenvalue weighted by Gasteiger charge is -2.35. The van der Waals surface area contributed by atoms with Crippen molar-refractivity contribution in [2.75, 3.05) is 46.3 Å². The fourth-order valence-electron chi connectivity index (χ4n) is 3.22. The number of hydrogen-bond acceptors (Lipinski definition) is 4. The summed E-state index contributed by atoms with van der Waals surface area (Å²) < 4.78 is 0. The molecule has 2 aliphatic rings. The van der Waals surface area contributed by atoms with E-state index in [1.165, 1.54) is 0 Å². The zero-order chi connectivity index (χ0) is 16.1. The van der Waals surface area contributed by atoms with Gasteiger partial charge >= 0.3 is 0 Å². The summed E-state index contributed by atoms with van der Waals surface area (Å²) in [5.41, 5.74) is 5.68. The zero-order valence-electron chi connectivity index (χ0n) is 14.0. The number of piperazine rings is 1. The first-order valence-corrected chi connectivity index (χ1v) is 8.45. The third kappa shape index (κ3) is 4.95. The molecule has 0 aromatic carbocycles. The maximum absolute atomic E-state index is 12.3. The average Bonchev–Trinajstić information content (AvgIpc) is 2.48. The minimum Gasteiger partial charge on any atom is -0.343 e. The number of likely N-dealkylation sites (N-methyl/N-ethyl adjacent to an activating group) is 1. The molecule has 0 bridgehead atoms. The molecule has 0 aliphatic carbocycles. The lowest BCUT2D eigenvalue weighted by atomic mass is 9.92. The van der Waals surface area contributed by atoms with Crippen LogP contribution in [0, 0.1) is 5.92 Å². The SMILES string of the molecule is CC(N)CC(=O)N1CCC(CC(=O)N2CCN(C)CC2)CC1. The van der Waals surface area contributed by atoms with Gasteiger partial charge in [-0.25, -0.2) is 0 Å². The van der Waals surface area contributed by atoms with Gasteiger partial charge in [-0.05, 0) is 32.7 Å². The molecule has 126 valence electrons. The van der Waals surface area contributed by atoms with Crippen LogP contribution in [-0.2, 0) is 9.59 Å². The highest BCUT2D eigenvalue weighted by atomic mass is 16.2. The van der Waals surface area contributed by atoms with Crippen molar-refractivity contribution in [1.82, 2.24) is 14.7 Å². The number of carbonyl (C=O) groups is 2. The van der Waals surface area contributed by atoms with Gasteiger partial charge in [0.15, 0.2) is 0 Å². The Morgan fingerprint density at radius 3 is 2.09 bits per heavy atom. The summed E-state index contributed by atoms with van der Waals surface area (Å²) in [6.07, 6.45) is 2.93. The van der Waals surface area contributed by atoms with Crippen LogP contribution in [0.1, 0.15) is 32.6 Å². The summed E-state index contributed by atoms with van der Waals surface area (Å²) in [6, 6.07) is -0.0796. The summed E-state index contributed by atoms with van der Waals surface area (Å²) in [6.45, 7) is 7.03. The number of nitrogens with two attached hydrogens (primary N) is 1. The number of likely N-dealkylation sites (tertiary alicyclic amines) is 1. The molecule has 2 aliphatic heterocycles. The molecule has 0 radical (unpaired) electrons. The molecular weight excluding hydrogens is 280 g/mol. The lowest BCUT2D eigenvalue weighted by molar-refractivity contribution is -0.135. The summed E-state index contributed by atoms with van der Waals surface area (Å²) >= 11 is 0. The van der Waals surface area contributed by atoms with E-state index in [-0.39, 0.29) is 17.9 Å². The van der Waals surface area contributed by atoms with E-state index in [0.29, 0.717) is 18.8 Å². The molecule has 2 N–H and O–H groups in total. The Morgan fingerprint density at radius 2 is 1.55 bits per heavy atom. The van der Waals surface area contributed by atoms with Crippen LogP contribution in [0.3, 0.4) is 0 Å². The van der Waals surface area contributed by atoms with Crippen LogP contribution in [0.15, 0.2) is 0 Å². The molecule has 2 fully saturated rings. The Bertz CT molecular complexity index is 384. The van der Waals surface area contributed by atoms with E-state index in [2.05, 4.69) is 11.9 Å². The standard InChI is InChI=1S/C16H30N4O2/c1-13(17)11-15(21)19-5-3-14(4-6-19)12-16(22)20-9-7-18(2)8-10-20/h13-14H,3-12,17H2,1-2H3. The molecule has 6 nitrogen and oxygen atoms in total. The lowest BCUT2D eigenvalue weighted by Crippen LogP contribution is -2.48. The minimum atomic E-state index is -0.0796. The predicted octanol–water partition coefficient (Wildman–Crippen LogP) is 0.126. The minimum absolute atomic E-state index is 0.0796. The van der Waals surface area contributed by atoms with Gasteiger partial charge in [0.1, 0.15) is 0 Å². The first-order chi connectivity index (χ1) is 10.5. The highest BCUT2D eigenvalue weighted by Gasteiger charge is 2.27. The number of piperidine rings is 1. The molecule has 2 heterocycles. The van der Waals surface area contributed by atoms with Crippen molar-refractivity contribution in [1.29, 1.82) is 0 Å². The van der Waals surface area contributed by atoms with E-state index in [1.807, 2.05) is 16.7 Å². The molecule has 0 aromatic heterocycles. The van der Waals surface area contributed by atoms with Gasteiger partial charge in [-0.3, -0.25) is 9.59 Å². The average molecular weight is 310 g/mol. The van der Waals surface area contributed by atoms with Crippen molar-refractivity contribution in [2.45, 2.75) is 38.6 Å². The van der Waals surface area contributed by atoms with Gasteiger partial charge < -0.3 is 20.4 Å². The number of amides is 2. The number of carbonyl (C=O) groups excluding carboxylic acids is 2. The van der Waals surface area contributed by atoms with Crippen LogP contribution >= 0.6 is 0 Å². The van der Waals surface area contributed by atoms with Crippen LogP contribution in [-0.4, -0.2) is 78.9 Å². The van der Waals surface area contributed by atoms with Gasteiger partial charge in [0, 0.05) is 58.2 Å². The molecular formula is C16H30N4O2. The monoisotopic (exact) mass is 310 g/mol. The van der Waals surface area contributed by atoms with Gasteiger partial charge in [-0.1, -0.05) is 0 Å². The van der Waals surface area contributed by atoms with Crippen molar-refractivity contribution in [3.63, 3.8) is 0 Å². The first-order valence-electron chi connectivity index (χ1n) is 8.45. The molecule has 0 saturated carbocycles. The van der Waals surface area contributed by atoms with Gasteiger partial charge in [0.25, 0.3) is 0 Å². The van der Waals surface area contributed by atoms with Crippen LogP contribution in [0.2, 0.25) is 0 Å². The third-order valence-electron chi connectivity index (χ3n) is 4.78. The Balaban J connectivity index is 1.71. The van der Waals surface area contributed by atoms with Crippen LogP contribution < -0.4 is 5.73 Å². The number of hydrogen-bond donors (Lipinski definition) is 1. The van der Waals surface area contributed by atoms with E-state index in [1.54, 1.807) is 0 Å². The highest BCUT2D eigenvalue weighted by Crippen LogP contribution is 2.22. The second kappa shape index (κ2) is 7.92. The number of rotatable bonds is 4. The molecule has 6 heteroatoms. The van der Waals surface area contributed by atoms with Crippen molar-refractivity contribution < 1.29 is 9.59 Å². The Labute approximate surface area is 133 Å². The molecule has 0 aromatic rings. The first kappa shape index (κ1) is 17.2. The van der Waals surface area contributed by atoms with Gasteiger partial charge in [-0.15, -0.1) is 0 Å². The summed E-state index contributed by atoms with van der Waals surface area (Å²) in [4.78, 5) is 30.5. The fraction of sp³-hybridized carbons (Fsp3) is 0.875. The maximum Gasteiger partial charge on any atom is 0.224 e. The summed E-state index contributed by atoms with van der Waals surface area (Å²) in [5, 5.41) is 0. The van der Waals surface area contributed by atoms with Gasteiger partial charge in [0.05, 0.1) is 0 Å². The topological polar surface area (TPSA) is 69.9 Å². The van der Waals surface area contributed by atoms with Crippen LogP contribution in [0.5, 0.6) is 0 Å². The molecule has 2 saturated heterocycles. The van der Waals surface area contributed by atoms with Crippen molar-refractivity contribution >= 4 is 11.8 Å². The Hall–Kier alpha value is -1.14. The summed E-state index contributed by atoms with van der Waals surface area (Å²) in [7, 11) is 2.09. The highest BCUT2D eigenvalue weighted by molar-refractivity contribution is 5.77. The smallest absolute Gasteiger partial charge is 0.224 e. The molecule has 1 atom stereocenters. The fourth-order valence-corrected chi connectivity index (χ4v) is 3.22. The zero-order valence-corrected chi connectivity index (χ0v) is 14.0. The van der Waals surface area contributed by atoms with Gasteiger partial charge in [0.2, 0.25) is 11.8 Å². The molecule has 1 unspecified atom stereocenters. The number of nitrogens with zero attached hydrogens (tertiary/aromatic N) is 3. The summed E-state index contributed by atoms with van der Waals surface area (Å²) in [5.74, 6) is 0.860. The van der Waals surface area contributed by atoms with Gasteiger partial charge in [-0.2, -0.15) is 0 Å². The normalized spacial score (nSPS) is 22.7. The molecule has 2 amide bonds. The van der Waals surface area contributed by atoms with Crippen molar-refractivity contribution in [3.05, 3.63) is 0 Å². The van der Waals surface area contributed by atoms with Crippen molar-refractivity contribution in [3.8, 4) is 0 Å². The maximum atomic E-state index is 12.3. The molecule has 22 heavy (non-hydrogen) atoms. The van der Waals surface area contributed by atoms with E-state index < -0.39 is 0 Å². The van der Waals surface area contributed by atoms with Crippen LogP contribution in [0.4, 0.5) is 0 Å². The van der Waals surface area contributed by atoms with E-state index in [9.17, 15) is 9.59 Å². The largest absolute Gasteiger partial charge is 0.343 e. The Morgan fingerprint density at radius 1 is 1.00 bits per heavy atom. The Kier molecular flexibility index (Phi) is 6.20. The molecule has 2 rings (SSSR count). The van der Waals surface area contributed by atoms with E-state index in [4.69, 9.17) is 5.73 Å². The predicted molar refractivity (Wildman–Crippen MR) is 86.3 cm³/mol. The van der Waals surface area contributed by atoms with E-state index in [0.717, 1.165) is 52.1 Å². The second-order valence-electron chi connectivity index (χ2n) is 6.89.